The maximum Gasteiger partial charge on any atom is 0.292 e. The molecule has 154 valence electrons. The number of aromatic nitrogens is 5. The Morgan fingerprint density at radius 3 is 2.77 bits per heavy atom. The predicted molar refractivity (Wildman–Crippen MR) is 109 cm³/mol. The summed E-state index contributed by atoms with van der Waals surface area (Å²) in [6.45, 7) is 1.42. The molecule has 1 fully saturated rings. The molecule has 5 N–H and O–H groups in total. The standard InChI is InChI=1S/C16H16N10O2S2/c17-13-4-1-8(5-19-13)9-2-3-12-15(14(9)16-20-24-25-21-16)30(27,28)26-29(12)22-10-6-18-7-11(10)23-29/h1-5,10-11,18H,6-7H2,(H2,17,19)(H,22,23,26)(H,20,21,24,25)/t10-,11+,29?. The van der Waals surface area contributed by atoms with Gasteiger partial charge in [-0.25, -0.2) is 14.1 Å². The van der Waals surface area contributed by atoms with Gasteiger partial charge in [0.05, 0.1) is 22.5 Å². The van der Waals surface area contributed by atoms with Crippen LogP contribution in [0.15, 0.2) is 48.4 Å². The molecule has 3 atom stereocenters. The summed E-state index contributed by atoms with van der Waals surface area (Å²) in [4.78, 5) is 4.74. The first kappa shape index (κ1) is 17.9. The van der Waals surface area contributed by atoms with Crippen LogP contribution in [0.1, 0.15) is 0 Å². The first-order chi connectivity index (χ1) is 14.5. The molecule has 3 aliphatic heterocycles. The molecule has 3 aliphatic rings. The molecule has 0 bridgehead atoms. The van der Waals surface area contributed by atoms with Gasteiger partial charge in [0.1, 0.15) is 10.7 Å². The summed E-state index contributed by atoms with van der Waals surface area (Å²) in [7, 11) is -6.43. The van der Waals surface area contributed by atoms with Crippen molar-refractivity contribution >= 4 is 25.6 Å². The maximum atomic E-state index is 13.3. The van der Waals surface area contributed by atoms with Crippen LogP contribution in [0.2, 0.25) is 0 Å². The van der Waals surface area contributed by atoms with Crippen LogP contribution in [0.5, 0.6) is 0 Å². The second-order valence-corrected chi connectivity index (χ2v) is 11.1. The quantitative estimate of drug-likeness (QED) is 0.422. The van der Waals surface area contributed by atoms with Crippen molar-refractivity contribution in [2.75, 3.05) is 18.8 Å². The summed E-state index contributed by atoms with van der Waals surface area (Å²) >= 11 is 0. The SMILES string of the molecule is Nc1ccc(-c2ccc3c(c2-c2nn[nH]n2)S(=O)(=O)N=S32=N[C@H]3CNC[C@H]3N2)cn1. The molecule has 5 heterocycles. The first-order valence-electron chi connectivity index (χ1n) is 9.12. The second kappa shape index (κ2) is 6.04. The molecule has 30 heavy (non-hydrogen) atoms. The molecule has 6 rings (SSSR count). The average Bonchev–Trinajstić information content (AvgIpc) is 3.47. The van der Waals surface area contributed by atoms with Gasteiger partial charge in [0, 0.05) is 34.7 Å². The minimum Gasteiger partial charge on any atom is -0.384 e. The second-order valence-electron chi connectivity index (χ2n) is 7.18. The number of nitrogens with two attached hydrogens (primary N) is 1. The number of nitrogens with zero attached hydrogens (tertiary/aromatic N) is 6. The van der Waals surface area contributed by atoms with E-state index in [0.29, 0.717) is 33.9 Å². The van der Waals surface area contributed by atoms with Gasteiger partial charge in [-0.2, -0.15) is 13.6 Å². The van der Waals surface area contributed by atoms with Crippen molar-refractivity contribution in [1.29, 1.82) is 0 Å². The molecule has 3 aromatic rings. The van der Waals surface area contributed by atoms with E-state index < -0.39 is 19.8 Å². The highest BCUT2D eigenvalue weighted by atomic mass is 32.3. The highest BCUT2D eigenvalue weighted by Gasteiger charge is 2.44. The smallest absolute Gasteiger partial charge is 0.292 e. The number of pyridine rings is 1. The van der Waals surface area contributed by atoms with Gasteiger partial charge in [0.15, 0.2) is 0 Å². The lowest BCUT2D eigenvalue weighted by Crippen LogP contribution is -2.34. The van der Waals surface area contributed by atoms with Crippen LogP contribution in [-0.4, -0.2) is 59.2 Å². The van der Waals surface area contributed by atoms with E-state index in [1.165, 1.54) is 0 Å². The van der Waals surface area contributed by atoms with Crippen LogP contribution in [-0.2, 0) is 19.8 Å². The molecular weight excluding hydrogens is 428 g/mol. The molecule has 1 aromatic carbocycles. The Balaban J connectivity index is 1.67. The van der Waals surface area contributed by atoms with Crippen molar-refractivity contribution in [1.82, 2.24) is 35.6 Å². The molecule has 0 saturated carbocycles. The third-order valence-corrected chi connectivity index (χ3v) is 10.2. The largest absolute Gasteiger partial charge is 0.384 e. The Labute approximate surface area is 171 Å². The molecule has 14 heteroatoms. The zero-order valence-electron chi connectivity index (χ0n) is 15.3. The zero-order valence-corrected chi connectivity index (χ0v) is 17.0. The lowest BCUT2D eigenvalue weighted by Gasteiger charge is -2.14. The fourth-order valence-corrected chi connectivity index (χ4v) is 9.78. The van der Waals surface area contributed by atoms with Crippen LogP contribution >= 0.6 is 0 Å². The van der Waals surface area contributed by atoms with Crippen molar-refractivity contribution in [3.63, 3.8) is 0 Å². The van der Waals surface area contributed by atoms with Gasteiger partial charge in [0.2, 0.25) is 5.82 Å². The van der Waals surface area contributed by atoms with Crippen LogP contribution in [0.4, 0.5) is 5.82 Å². The van der Waals surface area contributed by atoms with Crippen molar-refractivity contribution in [3.05, 3.63) is 30.5 Å². The number of aromatic amines is 1. The van der Waals surface area contributed by atoms with Crippen LogP contribution in [0, 0.1) is 0 Å². The molecule has 1 spiro atoms. The summed E-state index contributed by atoms with van der Waals surface area (Å²) in [6.07, 6.45) is 1.58. The number of H-pyrrole nitrogens is 1. The fraction of sp³-hybridized carbons (Fsp3) is 0.250. The molecule has 0 amide bonds. The highest BCUT2D eigenvalue weighted by Crippen LogP contribution is 2.45. The third-order valence-electron chi connectivity index (χ3n) is 5.34. The van der Waals surface area contributed by atoms with Crippen molar-refractivity contribution in [2.24, 2.45) is 8.13 Å². The van der Waals surface area contributed by atoms with Crippen LogP contribution in [0.25, 0.3) is 22.5 Å². The molecule has 1 saturated heterocycles. The van der Waals surface area contributed by atoms with Gasteiger partial charge in [-0.05, 0) is 29.0 Å². The van der Waals surface area contributed by atoms with Crippen LogP contribution in [0.3, 0.4) is 0 Å². The van der Waals surface area contributed by atoms with E-state index in [-0.39, 0.29) is 22.8 Å². The normalized spacial score (nSPS) is 28.1. The monoisotopic (exact) mass is 444 g/mol. The molecule has 12 nitrogen and oxygen atoms in total. The van der Waals surface area contributed by atoms with Gasteiger partial charge >= 0.3 is 0 Å². The average molecular weight is 445 g/mol. The van der Waals surface area contributed by atoms with E-state index in [0.717, 1.165) is 6.54 Å². The predicted octanol–water partition coefficient (Wildman–Crippen LogP) is -0.0481. The van der Waals surface area contributed by atoms with E-state index in [2.05, 4.69) is 39.4 Å². The van der Waals surface area contributed by atoms with E-state index in [1.54, 1.807) is 24.4 Å². The number of sulfonamides is 1. The van der Waals surface area contributed by atoms with Gasteiger partial charge < -0.3 is 11.1 Å². The Bertz CT molecular complexity index is 1410. The van der Waals surface area contributed by atoms with Gasteiger partial charge in [-0.1, -0.05) is 6.07 Å². The number of rotatable bonds is 2. The number of benzene rings is 1. The molecule has 2 aromatic heterocycles. The number of anilines is 1. The number of hydrogen-bond acceptors (Lipinski definition) is 10. The fourth-order valence-electron chi connectivity index (χ4n) is 4.05. The molecule has 0 aliphatic carbocycles. The zero-order chi connectivity index (χ0) is 20.5. The number of fused-ring (bicyclic) bond motifs is 3. The van der Waals surface area contributed by atoms with Crippen LogP contribution < -0.4 is 15.8 Å². The topological polar surface area (TPSA) is 176 Å². The highest BCUT2D eigenvalue weighted by molar-refractivity contribution is 8.06. The number of nitrogen functional groups attached to an aromatic ring is 1. The third kappa shape index (κ3) is 2.44. The lowest BCUT2D eigenvalue weighted by molar-refractivity contribution is 0.598. The van der Waals surface area contributed by atoms with Gasteiger partial charge in [-0.3, -0.25) is 0 Å². The van der Waals surface area contributed by atoms with Gasteiger partial charge in [0.25, 0.3) is 10.0 Å². The van der Waals surface area contributed by atoms with Gasteiger partial charge in [-0.15, -0.1) is 14.0 Å². The van der Waals surface area contributed by atoms with Crippen molar-refractivity contribution in [3.8, 4) is 22.5 Å². The number of tetrazole rings is 1. The first-order valence-corrected chi connectivity index (χ1v) is 12.1. The number of hydrogen-bond donors (Lipinski definition) is 4. The molecule has 1 unspecified atom stereocenters. The van der Waals surface area contributed by atoms with E-state index in [9.17, 15) is 8.42 Å². The summed E-state index contributed by atoms with van der Waals surface area (Å²) in [6, 6.07) is 7.06. The minimum atomic E-state index is -4.01. The van der Waals surface area contributed by atoms with Crippen molar-refractivity contribution in [2.45, 2.75) is 21.9 Å². The van der Waals surface area contributed by atoms with E-state index in [4.69, 9.17) is 10.1 Å². The Morgan fingerprint density at radius 1 is 1.13 bits per heavy atom. The summed E-state index contributed by atoms with van der Waals surface area (Å²) in [5.74, 6) is 0.523. The Morgan fingerprint density at radius 2 is 2.03 bits per heavy atom. The Kier molecular flexibility index (Phi) is 3.60. The molecular formula is C16H16N10O2S2. The minimum absolute atomic E-state index is 0.0144. The summed E-state index contributed by atoms with van der Waals surface area (Å²) < 4.78 is 39.1. The summed E-state index contributed by atoms with van der Waals surface area (Å²) in [5, 5.41) is 17.4. The lowest BCUT2D eigenvalue weighted by atomic mass is 10.0. The maximum absolute atomic E-state index is 13.3. The van der Waals surface area contributed by atoms with E-state index in [1.807, 2.05) is 6.07 Å². The Hall–Kier alpha value is -2.94. The number of nitrogens with one attached hydrogen (secondary N) is 3. The van der Waals surface area contributed by atoms with Crippen molar-refractivity contribution < 1.29 is 8.42 Å². The summed E-state index contributed by atoms with van der Waals surface area (Å²) in [5.41, 5.74) is 7.31. The molecule has 0 radical (unpaired) electrons. The van der Waals surface area contributed by atoms with E-state index >= 15 is 0 Å².